The van der Waals surface area contributed by atoms with Crippen molar-refractivity contribution in [1.82, 2.24) is 9.88 Å². The van der Waals surface area contributed by atoms with Gasteiger partial charge < -0.3 is 4.90 Å². The van der Waals surface area contributed by atoms with Crippen molar-refractivity contribution in [3.05, 3.63) is 29.1 Å². The Hall–Kier alpha value is -0.890. The fourth-order valence-electron chi connectivity index (χ4n) is 1.65. The minimum atomic E-state index is 1.01. The van der Waals surface area contributed by atoms with Crippen LogP contribution in [-0.4, -0.2) is 23.5 Å². The Kier molecular flexibility index (Phi) is 4.08. The first-order chi connectivity index (χ1) is 6.75. The molecule has 2 heterocycles. The molecule has 78 valence electrons. The average Bonchev–Trinajstić information content (AvgIpc) is 2.20. The van der Waals surface area contributed by atoms with Crippen LogP contribution in [0.5, 0.6) is 0 Å². The molecule has 0 saturated carbocycles. The molecule has 1 aliphatic heterocycles. The van der Waals surface area contributed by atoms with Gasteiger partial charge in [-0.1, -0.05) is 19.9 Å². The van der Waals surface area contributed by atoms with Crippen LogP contribution in [0.25, 0.3) is 0 Å². The van der Waals surface area contributed by atoms with E-state index in [4.69, 9.17) is 0 Å². The van der Waals surface area contributed by atoms with E-state index in [2.05, 4.69) is 36.0 Å². The van der Waals surface area contributed by atoms with Crippen LogP contribution in [0.3, 0.4) is 0 Å². The van der Waals surface area contributed by atoms with Gasteiger partial charge in [0.25, 0.3) is 0 Å². The number of likely N-dealkylation sites (N-methyl/N-ethyl adjacent to an activating group) is 1. The van der Waals surface area contributed by atoms with Gasteiger partial charge in [0.15, 0.2) is 0 Å². The predicted octanol–water partition coefficient (Wildman–Crippen LogP) is 2.40. The molecular weight excluding hydrogens is 172 g/mol. The zero-order chi connectivity index (χ0) is 10.6. The van der Waals surface area contributed by atoms with Crippen molar-refractivity contribution in [3.8, 4) is 0 Å². The van der Waals surface area contributed by atoms with Crippen LogP contribution in [-0.2, 0) is 13.0 Å². The molecule has 1 aliphatic rings. The van der Waals surface area contributed by atoms with Crippen molar-refractivity contribution in [3.63, 3.8) is 0 Å². The molecule has 2 rings (SSSR count). The van der Waals surface area contributed by atoms with Crippen LogP contribution in [0.15, 0.2) is 12.1 Å². The van der Waals surface area contributed by atoms with Gasteiger partial charge in [0.1, 0.15) is 0 Å². The number of fused-ring (bicyclic) bond motifs is 1. The van der Waals surface area contributed by atoms with E-state index in [1.807, 2.05) is 13.8 Å². The molecule has 0 bridgehead atoms. The lowest BCUT2D eigenvalue weighted by Gasteiger charge is -2.23. The number of nitrogens with zero attached hydrogens (tertiary/aromatic N) is 2. The summed E-state index contributed by atoms with van der Waals surface area (Å²) in [5.74, 6) is 0. The van der Waals surface area contributed by atoms with Crippen molar-refractivity contribution in [2.75, 3.05) is 13.6 Å². The molecule has 1 aromatic rings. The molecule has 0 saturated heterocycles. The van der Waals surface area contributed by atoms with E-state index in [0.29, 0.717) is 0 Å². The number of aryl methyl sites for hydroxylation is 1. The molecule has 14 heavy (non-hydrogen) atoms. The van der Waals surface area contributed by atoms with E-state index in [1.165, 1.54) is 11.3 Å². The molecule has 0 fully saturated rings. The highest BCUT2D eigenvalue weighted by Crippen LogP contribution is 2.15. The van der Waals surface area contributed by atoms with Crippen LogP contribution in [0.4, 0.5) is 0 Å². The van der Waals surface area contributed by atoms with E-state index in [0.717, 1.165) is 25.2 Å². The van der Waals surface area contributed by atoms with Crippen LogP contribution >= 0.6 is 0 Å². The SMILES string of the molecule is CC.Cc1ccc2c(n1)CN(C)CC2. The number of rotatable bonds is 0. The van der Waals surface area contributed by atoms with Gasteiger partial charge in [-0.3, -0.25) is 4.98 Å². The molecule has 0 atom stereocenters. The minimum absolute atomic E-state index is 1.01. The monoisotopic (exact) mass is 192 g/mol. The Morgan fingerprint density at radius 1 is 1.29 bits per heavy atom. The molecule has 0 radical (unpaired) electrons. The van der Waals surface area contributed by atoms with E-state index < -0.39 is 0 Å². The van der Waals surface area contributed by atoms with Crippen LogP contribution in [0.2, 0.25) is 0 Å². The zero-order valence-corrected chi connectivity index (χ0v) is 9.67. The lowest BCUT2D eigenvalue weighted by Crippen LogP contribution is -2.27. The summed E-state index contributed by atoms with van der Waals surface area (Å²) in [6, 6.07) is 4.31. The molecule has 0 aromatic carbocycles. The van der Waals surface area contributed by atoms with E-state index in [-0.39, 0.29) is 0 Å². The normalized spacial score (nSPS) is 15.4. The van der Waals surface area contributed by atoms with E-state index in [9.17, 15) is 0 Å². The second-order valence-corrected chi connectivity index (χ2v) is 3.55. The molecule has 0 unspecified atom stereocenters. The third-order valence-electron chi connectivity index (χ3n) is 2.39. The topological polar surface area (TPSA) is 16.1 Å². The summed E-state index contributed by atoms with van der Waals surface area (Å²) in [5.41, 5.74) is 3.83. The summed E-state index contributed by atoms with van der Waals surface area (Å²) in [4.78, 5) is 6.84. The number of hydrogen-bond acceptors (Lipinski definition) is 2. The Balaban J connectivity index is 0.000000461. The van der Waals surface area contributed by atoms with Crippen LogP contribution < -0.4 is 0 Å². The third-order valence-corrected chi connectivity index (χ3v) is 2.39. The van der Waals surface area contributed by atoms with Gasteiger partial charge in [-0.25, -0.2) is 0 Å². The zero-order valence-electron chi connectivity index (χ0n) is 9.67. The van der Waals surface area contributed by atoms with Crippen molar-refractivity contribution >= 4 is 0 Å². The Morgan fingerprint density at radius 2 is 2.00 bits per heavy atom. The molecule has 2 heteroatoms. The van der Waals surface area contributed by atoms with Crippen LogP contribution in [0.1, 0.15) is 30.8 Å². The highest BCUT2D eigenvalue weighted by molar-refractivity contribution is 5.24. The van der Waals surface area contributed by atoms with Gasteiger partial charge in [-0.2, -0.15) is 0 Å². The lowest BCUT2D eigenvalue weighted by atomic mass is 10.1. The molecule has 2 nitrogen and oxygen atoms in total. The molecule has 0 aliphatic carbocycles. The maximum absolute atomic E-state index is 4.52. The second-order valence-electron chi connectivity index (χ2n) is 3.55. The van der Waals surface area contributed by atoms with Crippen LogP contribution in [0, 0.1) is 6.92 Å². The van der Waals surface area contributed by atoms with Gasteiger partial charge in [0.05, 0.1) is 5.69 Å². The smallest absolute Gasteiger partial charge is 0.0579 e. The maximum atomic E-state index is 4.52. The average molecular weight is 192 g/mol. The maximum Gasteiger partial charge on any atom is 0.0579 e. The van der Waals surface area contributed by atoms with Gasteiger partial charge >= 0.3 is 0 Å². The first-order valence-corrected chi connectivity index (χ1v) is 5.39. The first kappa shape index (κ1) is 11.2. The first-order valence-electron chi connectivity index (χ1n) is 5.39. The Labute approximate surface area is 87.0 Å². The third kappa shape index (κ3) is 2.55. The lowest BCUT2D eigenvalue weighted by molar-refractivity contribution is 0.307. The van der Waals surface area contributed by atoms with E-state index in [1.54, 1.807) is 0 Å². The summed E-state index contributed by atoms with van der Waals surface area (Å²) in [7, 11) is 2.15. The molecule has 0 spiro atoms. The van der Waals surface area contributed by atoms with Crippen molar-refractivity contribution in [1.29, 1.82) is 0 Å². The quantitative estimate of drug-likeness (QED) is 0.627. The van der Waals surface area contributed by atoms with Gasteiger partial charge in [0, 0.05) is 18.8 Å². The number of hydrogen-bond donors (Lipinski definition) is 0. The second kappa shape index (κ2) is 5.11. The summed E-state index contributed by atoms with van der Waals surface area (Å²) >= 11 is 0. The molecule has 0 amide bonds. The number of aromatic nitrogens is 1. The van der Waals surface area contributed by atoms with Gasteiger partial charge in [-0.05, 0) is 32.0 Å². The van der Waals surface area contributed by atoms with E-state index >= 15 is 0 Å². The fourth-order valence-corrected chi connectivity index (χ4v) is 1.65. The summed E-state index contributed by atoms with van der Waals surface area (Å²) in [6.45, 7) is 8.23. The molecule has 1 aromatic heterocycles. The standard InChI is InChI=1S/C10H14N2.C2H6/c1-8-3-4-9-5-6-12(2)7-10(9)11-8;1-2/h3-4H,5-7H2,1-2H3;1-2H3. The van der Waals surface area contributed by atoms with Crippen molar-refractivity contribution < 1.29 is 0 Å². The Bertz CT molecular complexity index is 294. The summed E-state index contributed by atoms with van der Waals surface area (Å²) < 4.78 is 0. The predicted molar refractivity (Wildman–Crippen MR) is 60.4 cm³/mol. The highest BCUT2D eigenvalue weighted by Gasteiger charge is 2.13. The Morgan fingerprint density at radius 3 is 2.71 bits per heavy atom. The number of pyridine rings is 1. The van der Waals surface area contributed by atoms with Gasteiger partial charge in [-0.15, -0.1) is 0 Å². The summed E-state index contributed by atoms with van der Waals surface area (Å²) in [5, 5.41) is 0. The largest absolute Gasteiger partial charge is 0.300 e. The minimum Gasteiger partial charge on any atom is -0.300 e. The van der Waals surface area contributed by atoms with Gasteiger partial charge in [0.2, 0.25) is 0 Å². The van der Waals surface area contributed by atoms with Crippen molar-refractivity contribution in [2.24, 2.45) is 0 Å². The van der Waals surface area contributed by atoms with Crippen molar-refractivity contribution in [2.45, 2.75) is 33.7 Å². The fraction of sp³-hybridized carbons (Fsp3) is 0.583. The summed E-state index contributed by atoms with van der Waals surface area (Å²) in [6.07, 6.45) is 1.15. The molecular formula is C12H20N2. The molecule has 0 N–H and O–H groups in total. The highest BCUT2D eigenvalue weighted by atomic mass is 15.1.